The van der Waals surface area contributed by atoms with Gasteiger partial charge in [-0.3, -0.25) is 19.0 Å². The van der Waals surface area contributed by atoms with E-state index in [4.69, 9.17) is 0 Å². The second-order valence-electron chi connectivity index (χ2n) is 6.65. The van der Waals surface area contributed by atoms with Gasteiger partial charge in [-0.2, -0.15) is 0 Å². The maximum atomic E-state index is 12.9. The van der Waals surface area contributed by atoms with E-state index >= 15 is 0 Å². The number of nitrogens with zero attached hydrogens (tertiary/aromatic N) is 3. The molecule has 3 heterocycles. The van der Waals surface area contributed by atoms with E-state index in [-0.39, 0.29) is 23.1 Å². The molecule has 1 amide bonds. The Morgan fingerprint density at radius 3 is 2.58 bits per heavy atom. The first-order chi connectivity index (χ1) is 12.6. The van der Waals surface area contributed by atoms with Crippen molar-refractivity contribution in [3.05, 3.63) is 69.8 Å². The Bertz CT molecular complexity index is 1160. The second kappa shape index (κ2) is 5.36. The average Bonchev–Trinajstić information content (AvgIpc) is 3.29. The largest absolute Gasteiger partial charge is 0.339 e. The Kier molecular flexibility index (Phi) is 3.09. The van der Waals surface area contributed by atoms with Gasteiger partial charge in [0.15, 0.2) is 5.82 Å². The minimum Gasteiger partial charge on any atom is -0.339 e. The van der Waals surface area contributed by atoms with E-state index in [9.17, 15) is 14.4 Å². The van der Waals surface area contributed by atoms with Crippen LogP contribution in [0.25, 0.3) is 16.6 Å². The highest BCUT2D eigenvalue weighted by atomic mass is 16.2. The monoisotopic (exact) mass is 345 g/mol. The third-order valence-corrected chi connectivity index (χ3v) is 5.10. The highest BCUT2D eigenvalue weighted by molar-refractivity contribution is 6.14. The van der Waals surface area contributed by atoms with Crippen molar-refractivity contribution in [2.75, 3.05) is 13.1 Å². The van der Waals surface area contributed by atoms with Crippen molar-refractivity contribution in [1.82, 2.24) is 14.5 Å². The van der Waals surface area contributed by atoms with Crippen molar-refractivity contribution in [2.24, 2.45) is 0 Å². The van der Waals surface area contributed by atoms with Crippen LogP contribution in [0.3, 0.4) is 0 Å². The van der Waals surface area contributed by atoms with Crippen molar-refractivity contribution in [1.29, 1.82) is 0 Å². The van der Waals surface area contributed by atoms with Crippen molar-refractivity contribution < 1.29 is 9.59 Å². The van der Waals surface area contributed by atoms with Gasteiger partial charge in [0.05, 0.1) is 22.2 Å². The van der Waals surface area contributed by atoms with E-state index in [1.165, 1.54) is 4.57 Å². The number of ketones is 1. The summed E-state index contributed by atoms with van der Waals surface area (Å²) in [4.78, 5) is 44.5. The van der Waals surface area contributed by atoms with Crippen molar-refractivity contribution in [3.63, 3.8) is 0 Å². The third kappa shape index (κ3) is 1.98. The number of para-hydroxylation sites is 1. The van der Waals surface area contributed by atoms with Gasteiger partial charge in [0.2, 0.25) is 5.78 Å². The van der Waals surface area contributed by atoms with E-state index in [1.807, 2.05) is 0 Å². The molecule has 0 unspecified atom stereocenters. The molecular weight excluding hydrogens is 330 g/mol. The van der Waals surface area contributed by atoms with Crippen molar-refractivity contribution in [2.45, 2.75) is 12.8 Å². The lowest BCUT2D eigenvalue weighted by atomic mass is 10.1. The van der Waals surface area contributed by atoms with Gasteiger partial charge in [0.25, 0.3) is 11.5 Å². The molecule has 0 aliphatic carbocycles. The highest BCUT2D eigenvalue weighted by Crippen LogP contribution is 2.28. The topological polar surface area (TPSA) is 72.3 Å². The number of aromatic nitrogens is 2. The fraction of sp³-hybridized carbons (Fsp3) is 0.200. The van der Waals surface area contributed by atoms with Crippen LogP contribution in [0.15, 0.2) is 47.3 Å². The molecule has 1 saturated heterocycles. The number of carbonyl (C=O) groups is 2. The predicted octanol–water partition coefficient (Wildman–Crippen LogP) is 2.17. The van der Waals surface area contributed by atoms with E-state index in [2.05, 4.69) is 4.98 Å². The molecule has 0 N–H and O–H groups in total. The molecule has 128 valence electrons. The fourth-order valence-electron chi connectivity index (χ4n) is 3.78. The molecule has 3 aromatic rings. The number of benzene rings is 2. The molecule has 1 aromatic heterocycles. The molecule has 1 fully saturated rings. The van der Waals surface area contributed by atoms with Crippen LogP contribution >= 0.6 is 0 Å². The summed E-state index contributed by atoms with van der Waals surface area (Å²) in [5.41, 5.74) is 1.56. The zero-order valence-electron chi connectivity index (χ0n) is 13.9. The maximum Gasteiger partial charge on any atom is 0.266 e. The minimum absolute atomic E-state index is 0.0699. The molecular formula is C20H15N3O3. The molecule has 5 rings (SSSR count). The van der Waals surface area contributed by atoms with Crippen LogP contribution in [0.5, 0.6) is 0 Å². The number of hydrogen-bond donors (Lipinski definition) is 0. The van der Waals surface area contributed by atoms with Crippen LogP contribution in [-0.2, 0) is 0 Å². The first-order valence-corrected chi connectivity index (χ1v) is 8.65. The Labute approximate surface area is 148 Å². The normalized spacial score (nSPS) is 15.4. The molecule has 2 aromatic carbocycles. The van der Waals surface area contributed by atoms with Crippen molar-refractivity contribution in [3.8, 4) is 5.69 Å². The summed E-state index contributed by atoms with van der Waals surface area (Å²) in [5.74, 6) is -0.284. The summed E-state index contributed by atoms with van der Waals surface area (Å²) < 4.78 is 1.35. The van der Waals surface area contributed by atoms with Gasteiger partial charge in [0.1, 0.15) is 0 Å². The first-order valence-electron chi connectivity index (χ1n) is 8.65. The Balaban J connectivity index is 1.68. The number of amides is 1. The van der Waals surface area contributed by atoms with Gasteiger partial charge in [-0.25, -0.2) is 4.98 Å². The number of likely N-dealkylation sites (tertiary alicyclic amines) is 1. The van der Waals surface area contributed by atoms with Gasteiger partial charge in [0, 0.05) is 18.7 Å². The van der Waals surface area contributed by atoms with Gasteiger partial charge in [-0.05, 0) is 43.2 Å². The molecule has 0 radical (unpaired) electrons. The van der Waals surface area contributed by atoms with Crippen LogP contribution in [0.2, 0.25) is 0 Å². The SMILES string of the molecule is O=C1c2cc(C(=O)N3CCCC3)ccc2-n2c1nc1ccccc1c2=O. The van der Waals surface area contributed by atoms with E-state index in [1.54, 1.807) is 47.4 Å². The van der Waals surface area contributed by atoms with Crippen molar-refractivity contribution >= 4 is 22.6 Å². The van der Waals surface area contributed by atoms with Crippen LogP contribution in [-0.4, -0.2) is 39.2 Å². The molecule has 6 heteroatoms. The Morgan fingerprint density at radius 1 is 1.00 bits per heavy atom. The highest BCUT2D eigenvalue weighted by Gasteiger charge is 2.31. The van der Waals surface area contributed by atoms with E-state index < -0.39 is 0 Å². The molecule has 6 nitrogen and oxygen atoms in total. The summed E-state index contributed by atoms with van der Waals surface area (Å²) in [6.07, 6.45) is 2.01. The van der Waals surface area contributed by atoms with E-state index in [0.717, 1.165) is 25.9 Å². The van der Waals surface area contributed by atoms with Crippen LogP contribution in [0.1, 0.15) is 39.4 Å². The summed E-state index contributed by atoms with van der Waals surface area (Å²) in [5, 5.41) is 0.467. The van der Waals surface area contributed by atoms with Gasteiger partial charge >= 0.3 is 0 Å². The van der Waals surface area contributed by atoms with E-state index in [0.29, 0.717) is 27.7 Å². The quantitative estimate of drug-likeness (QED) is 0.530. The lowest BCUT2D eigenvalue weighted by Gasteiger charge is -2.15. The third-order valence-electron chi connectivity index (χ3n) is 5.10. The fourth-order valence-corrected chi connectivity index (χ4v) is 3.78. The summed E-state index contributed by atoms with van der Waals surface area (Å²) in [6.45, 7) is 1.49. The molecule has 2 aliphatic heterocycles. The number of hydrogen-bond acceptors (Lipinski definition) is 4. The zero-order chi connectivity index (χ0) is 17.8. The number of carbonyl (C=O) groups excluding carboxylic acids is 2. The molecule has 0 bridgehead atoms. The maximum absolute atomic E-state index is 12.9. The molecule has 2 aliphatic rings. The first kappa shape index (κ1) is 15.0. The van der Waals surface area contributed by atoms with Crippen LogP contribution in [0, 0.1) is 0 Å². The Morgan fingerprint density at radius 2 is 1.77 bits per heavy atom. The average molecular weight is 345 g/mol. The smallest absolute Gasteiger partial charge is 0.266 e. The van der Waals surface area contributed by atoms with Gasteiger partial charge < -0.3 is 4.90 Å². The summed E-state index contributed by atoms with van der Waals surface area (Å²) in [6, 6.07) is 11.9. The van der Waals surface area contributed by atoms with Gasteiger partial charge in [-0.1, -0.05) is 12.1 Å². The Hall–Kier alpha value is -3.28. The summed E-state index contributed by atoms with van der Waals surface area (Å²) >= 11 is 0. The lowest BCUT2D eigenvalue weighted by molar-refractivity contribution is 0.0793. The molecule has 0 saturated carbocycles. The molecule has 26 heavy (non-hydrogen) atoms. The standard InChI is InChI=1S/C20H15N3O3/c24-17-14-11-12(19(25)22-9-3-4-10-22)7-8-16(14)23-18(17)21-15-6-2-1-5-13(15)20(23)26/h1-2,5-8,11H,3-4,9-10H2. The number of fused-ring (bicyclic) bond motifs is 4. The van der Waals surface area contributed by atoms with Crippen LogP contribution in [0.4, 0.5) is 0 Å². The second-order valence-corrected chi connectivity index (χ2v) is 6.65. The predicted molar refractivity (Wildman–Crippen MR) is 95.9 cm³/mol. The lowest BCUT2D eigenvalue weighted by Crippen LogP contribution is -2.27. The zero-order valence-corrected chi connectivity index (χ0v) is 13.9. The molecule has 0 spiro atoms. The summed E-state index contributed by atoms with van der Waals surface area (Å²) in [7, 11) is 0. The van der Waals surface area contributed by atoms with Crippen LogP contribution < -0.4 is 5.56 Å². The molecule has 0 atom stereocenters. The minimum atomic E-state index is -0.320. The van der Waals surface area contributed by atoms with Gasteiger partial charge in [-0.15, -0.1) is 0 Å². The number of rotatable bonds is 1.